The van der Waals surface area contributed by atoms with E-state index in [1.54, 1.807) is 0 Å². The van der Waals surface area contributed by atoms with Gasteiger partial charge in [-0.05, 0) is 19.1 Å². The number of carbonyl (C=O) groups is 1. The van der Waals surface area contributed by atoms with E-state index >= 15 is 0 Å². The first kappa shape index (κ1) is 8.62. The maximum atomic E-state index is 11.1. The van der Waals surface area contributed by atoms with Gasteiger partial charge in [0.15, 0.2) is 0 Å². The molecule has 2 rings (SSSR count). The number of amides is 1. The topological polar surface area (TPSA) is 68.9 Å². The van der Waals surface area contributed by atoms with Gasteiger partial charge in [0.1, 0.15) is 12.0 Å². The Balaban J connectivity index is 2.84. The second kappa shape index (κ2) is 3.06. The standard InChI is InChI=1S/C10H9N3O/c1-6-2-3-8-7(4-6)9(10(11)14)13-5-12-8/h2-5H,1H3,(H2,11,14). The van der Waals surface area contributed by atoms with Gasteiger partial charge >= 0.3 is 0 Å². The largest absolute Gasteiger partial charge is 0.364 e. The summed E-state index contributed by atoms with van der Waals surface area (Å²) in [6, 6.07) is 5.63. The molecule has 0 atom stereocenters. The number of hydrogen-bond acceptors (Lipinski definition) is 3. The minimum absolute atomic E-state index is 0.277. The van der Waals surface area contributed by atoms with Crippen molar-refractivity contribution in [3.63, 3.8) is 0 Å². The first-order chi connectivity index (χ1) is 6.68. The molecule has 0 radical (unpaired) electrons. The molecular formula is C10H9N3O. The van der Waals surface area contributed by atoms with Crippen molar-refractivity contribution >= 4 is 16.8 Å². The van der Waals surface area contributed by atoms with Crippen LogP contribution >= 0.6 is 0 Å². The van der Waals surface area contributed by atoms with Crippen LogP contribution < -0.4 is 5.73 Å². The van der Waals surface area contributed by atoms with Crippen molar-refractivity contribution in [2.45, 2.75) is 6.92 Å². The third-order valence-corrected chi connectivity index (χ3v) is 2.02. The summed E-state index contributed by atoms with van der Waals surface area (Å²) in [7, 11) is 0. The summed E-state index contributed by atoms with van der Waals surface area (Å²) in [4.78, 5) is 19.0. The quantitative estimate of drug-likeness (QED) is 0.725. The Morgan fingerprint density at radius 3 is 2.86 bits per heavy atom. The number of nitrogens with zero attached hydrogens (tertiary/aromatic N) is 2. The molecule has 70 valence electrons. The van der Waals surface area contributed by atoms with Crippen LogP contribution in [0.25, 0.3) is 10.9 Å². The third kappa shape index (κ3) is 1.31. The highest BCUT2D eigenvalue weighted by Gasteiger charge is 2.08. The lowest BCUT2D eigenvalue weighted by molar-refractivity contribution is 0.0997. The number of nitrogens with two attached hydrogens (primary N) is 1. The molecule has 14 heavy (non-hydrogen) atoms. The van der Waals surface area contributed by atoms with E-state index in [0.29, 0.717) is 5.39 Å². The van der Waals surface area contributed by atoms with Crippen LogP contribution in [0.5, 0.6) is 0 Å². The van der Waals surface area contributed by atoms with E-state index in [1.165, 1.54) is 6.33 Å². The molecule has 4 nitrogen and oxygen atoms in total. The summed E-state index contributed by atoms with van der Waals surface area (Å²) in [6.45, 7) is 1.94. The third-order valence-electron chi connectivity index (χ3n) is 2.02. The molecule has 4 heteroatoms. The Bertz CT molecular complexity index is 508. The van der Waals surface area contributed by atoms with Gasteiger partial charge in [-0.1, -0.05) is 11.6 Å². The number of benzene rings is 1. The van der Waals surface area contributed by atoms with Crippen molar-refractivity contribution in [3.05, 3.63) is 35.8 Å². The van der Waals surface area contributed by atoms with E-state index in [-0.39, 0.29) is 5.69 Å². The van der Waals surface area contributed by atoms with Gasteiger partial charge in [0.25, 0.3) is 5.91 Å². The van der Waals surface area contributed by atoms with Crippen molar-refractivity contribution in [1.82, 2.24) is 9.97 Å². The Hall–Kier alpha value is -1.97. The molecule has 2 N–H and O–H groups in total. The number of primary amides is 1. The average Bonchev–Trinajstić information content (AvgIpc) is 2.16. The summed E-state index contributed by atoms with van der Waals surface area (Å²) in [5.74, 6) is -0.525. The lowest BCUT2D eigenvalue weighted by Crippen LogP contribution is -2.13. The minimum atomic E-state index is -0.525. The molecule has 0 spiro atoms. The Labute approximate surface area is 80.8 Å². The zero-order valence-corrected chi connectivity index (χ0v) is 7.69. The number of rotatable bonds is 1. The summed E-state index contributed by atoms with van der Waals surface area (Å²) >= 11 is 0. The molecule has 1 heterocycles. The molecule has 1 aromatic carbocycles. The second-order valence-corrected chi connectivity index (χ2v) is 3.11. The molecule has 0 saturated carbocycles. The van der Waals surface area contributed by atoms with E-state index in [2.05, 4.69) is 9.97 Å². The molecule has 0 unspecified atom stereocenters. The van der Waals surface area contributed by atoms with Gasteiger partial charge in [0.05, 0.1) is 5.52 Å². The first-order valence-corrected chi connectivity index (χ1v) is 4.19. The maximum absolute atomic E-state index is 11.1. The SMILES string of the molecule is Cc1ccc2ncnc(C(N)=O)c2c1. The zero-order chi connectivity index (χ0) is 10.1. The van der Waals surface area contributed by atoms with E-state index in [0.717, 1.165) is 11.1 Å². The molecule has 0 aliphatic heterocycles. The lowest BCUT2D eigenvalue weighted by atomic mass is 10.1. The van der Waals surface area contributed by atoms with Crippen LogP contribution in [0.3, 0.4) is 0 Å². The molecular weight excluding hydrogens is 178 g/mol. The fourth-order valence-corrected chi connectivity index (χ4v) is 1.37. The van der Waals surface area contributed by atoms with Crippen LogP contribution in [-0.2, 0) is 0 Å². The molecule has 0 aliphatic carbocycles. The zero-order valence-electron chi connectivity index (χ0n) is 7.69. The molecule has 1 amide bonds. The monoisotopic (exact) mass is 187 g/mol. The molecule has 0 aliphatic rings. The normalized spacial score (nSPS) is 10.4. The van der Waals surface area contributed by atoms with Gasteiger partial charge in [-0.25, -0.2) is 9.97 Å². The van der Waals surface area contributed by atoms with E-state index in [9.17, 15) is 4.79 Å². The van der Waals surface area contributed by atoms with Crippen LogP contribution in [0.2, 0.25) is 0 Å². The van der Waals surface area contributed by atoms with Gasteiger partial charge in [-0.15, -0.1) is 0 Å². The summed E-state index contributed by atoms with van der Waals surface area (Å²) in [5.41, 5.74) is 7.26. The fourth-order valence-electron chi connectivity index (χ4n) is 1.37. The van der Waals surface area contributed by atoms with E-state index in [1.807, 2.05) is 25.1 Å². The predicted octanol–water partition coefficient (Wildman–Crippen LogP) is 1.04. The summed E-state index contributed by atoms with van der Waals surface area (Å²) in [6.07, 6.45) is 1.34. The highest BCUT2D eigenvalue weighted by molar-refractivity contribution is 6.03. The highest BCUT2D eigenvalue weighted by atomic mass is 16.1. The van der Waals surface area contributed by atoms with Crippen molar-refractivity contribution in [1.29, 1.82) is 0 Å². The minimum Gasteiger partial charge on any atom is -0.364 e. The fraction of sp³-hybridized carbons (Fsp3) is 0.100. The van der Waals surface area contributed by atoms with Crippen molar-refractivity contribution in [2.75, 3.05) is 0 Å². The van der Waals surface area contributed by atoms with Crippen molar-refractivity contribution in [2.24, 2.45) is 5.73 Å². The van der Waals surface area contributed by atoms with Crippen molar-refractivity contribution < 1.29 is 4.79 Å². The van der Waals surface area contributed by atoms with Crippen LogP contribution in [0, 0.1) is 6.92 Å². The van der Waals surface area contributed by atoms with Gasteiger partial charge in [-0.2, -0.15) is 0 Å². The molecule has 0 bridgehead atoms. The molecule has 0 saturated heterocycles. The average molecular weight is 187 g/mol. The highest BCUT2D eigenvalue weighted by Crippen LogP contribution is 2.15. The van der Waals surface area contributed by atoms with Crippen LogP contribution in [0.15, 0.2) is 24.5 Å². The molecule has 0 fully saturated rings. The van der Waals surface area contributed by atoms with Crippen molar-refractivity contribution in [3.8, 4) is 0 Å². The van der Waals surface area contributed by atoms with Gasteiger partial charge in [0, 0.05) is 5.39 Å². The Kier molecular flexibility index (Phi) is 1.89. The second-order valence-electron chi connectivity index (χ2n) is 3.11. The Morgan fingerprint density at radius 1 is 1.36 bits per heavy atom. The number of fused-ring (bicyclic) bond motifs is 1. The molecule has 1 aromatic heterocycles. The number of aromatic nitrogens is 2. The first-order valence-electron chi connectivity index (χ1n) is 4.19. The van der Waals surface area contributed by atoms with E-state index < -0.39 is 5.91 Å². The van der Waals surface area contributed by atoms with Gasteiger partial charge in [0.2, 0.25) is 0 Å². The van der Waals surface area contributed by atoms with E-state index in [4.69, 9.17) is 5.73 Å². The predicted molar refractivity (Wildman–Crippen MR) is 52.8 cm³/mol. The van der Waals surface area contributed by atoms with Crippen LogP contribution in [-0.4, -0.2) is 15.9 Å². The van der Waals surface area contributed by atoms with Gasteiger partial charge in [-0.3, -0.25) is 4.79 Å². The lowest BCUT2D eigenvalue weighted by Gasteiger charge is -2.01. The number of carbonyl (C=O) groups excluding carboxylic acids is 1. The Morgan fingerprint density at radius 2 is 2.14 bits per heavy atom. The van der Waals surface area contributed by atoms with Crippen LogP contribution in [0.1, 0.15) is 16.1 Å². The smallest absolute Gasteiger partial charge is 0.268 e. The summed E-state index contributed by atoms with van der Waals surface area (Å²) < 4.78 is 0. The summed E-state index contributed by atoms with van der Waals surface area (Å²) in [5, 5.41) is 0.708. The van der Waals surface area contributed by atoms with Crippen LogP contribution in [0.4, 0.5) is 0 Å². The van der Waals surface area contributed by atoms with Gasteiger partial charge < -0.3 is 5.73 Å². The molecule has 2 aromatic rings. The number of hydrogen-bond donors (Lipinski definition) is 1. The number of aryl methyl sites for hydroxylation is 1. The maximum Gasteiger partial charge on any atom is 0.268 e.